The molecule has 3 heterocycles. The van der Waals surface area contributed by atoms with Crippen LogP contribution in [0.2, 0.25) is 0 Å². The van der Waals surface area contributed by atoms with Crippen LogP contribution in [0.3, 0.4) is 0 Å². The number of rotatable bonds is 0. The summed E-state index contributed by atoms with van der Waals surface area (Å²) >= 11 is 0. The van der Waals surface area contributed by atoms with Gasteiger partial charge in [-0.05, 0) is 6.07 Å². The van der Waals surface area contributed by atoms with Crippen LogP contribution < -0.4 is 11.0 Å². The molecule has 0 unspecified atom stereocenters. The van der Waals surface area contributed by atoms with Crippen molar-refractivity contribution in [1.29, 1.82) is 0 Å². The molecule has 6 nitrogen and oxygen atoms in total. The molecule has 0 spiro atoms. The molecule has 0 saturated heterocycles. The molecular formula is C10H6N4O2. The van der Waals surface area contributed by atoms with Crippen molar-refractivity contribution in [3.63, 3.8) is 0 Å². The second kappa shape index (κ2) is 2.99. The number of pyridine rings is 2. The van der Waals surface area contributed by atoms with Crippen molar-refractivity contribution in [2.24, 2.45) is 0 Å². The third kappa shape index (κ3) is 1.07. The second-order valence-electron chi connectivity index (χ2n) is 3.33. The quantitative estimate of drug-likeness (QED) is 0.521. The molecule has 3 rings (SSSR count). The topological polar surface area (TPSA) is 91.5 Å². The Bertz CT molecular complexity index is 803. The number of aromatic amines is 2. The second-order valence-corrected chi connectivity index (χ2v) is 3.33. The summed E-state index contributed by atoms with van der Waals surface area (Å²) in [5.41, 5.74) is 0.0674. The summed E-state index contributed by atoms with van der Waals surface area (Å²) in [6.07, 6.45) is 4.29. The van der Waals surface area contributed by atoms with Crippen LogP contribution in [-0.2, 0) is 0 Å². The van der Waals surface area contributed by atoms with Crippen LogP contribution in [0.5, 0.6) is 0 Å². The maximum absolute atomic E-state index is 12.0. The van der Waals surface area contributed by atoms with Gasteiger partial charge in [0.15, 0.2) is 0 Å². The smallest absolute Gasteiger partial charge is 0.264 e. The van der Waals surface area contributed by atoms with Gasteiger partial charge in [0.1, 0.15) is 11.0 Å². The minimum absolute atomic E-state index is 0.0428. The number of fused-ring (bicyclic) bond motifs is 2. The lowest BCUT2D eigenvalue weighted by Crippen LogP contribution is -2.17. The highest BCUT2D eigenvalue weighted by Crippen LogP contribution is 2.07. The van der Waals surface area contributed by atoms with Gasteiger partial charge in [-0.1, -0.05) is 0 Å². The van der Waals surface area contributed by atoms with Crippen LogP contribution in [0.25, 0.3) is 21.9 Å². The molecular weight excluding hydrogens is 208 g/mol. The molecule has 2 N–H and O–H groups in total. The molecule has 0 amide bonds. The van der Waals surface area contributed by atoms with Crippen molar-refractivity contribution in [2.75, 3.05) is 0 Å². The predicted molar refractivity (Wildman–Crippen MR) is 58.3 cm³/mol. The van der Waals surface area contributed by atoms with Gasteiger partial charge in [-0.2, -0.15) is 0 Å². The van der Waals surface area contributed by atoms with E-state index in [9.17, 15) is 9.59 Å². The summed E-state index contributed by atoms with van der Waals surface area (Å²) in [5, 5.41) is 0.474. The molecule has 78 valence electrons. The Morgan fingerprint density at radius 2 is 2.12 bits per heavy atom. The molecule has 16 heavy (non-hydrogen) atoms. The van der Waals surface area contributed by atoms with Crippen molar-refractivity contribution in [3.05, 3.63) is 45.4 Å². The van der Waals surface area contributed by atoms with Crippen LogP contribution in [0.15, 0.2) is 34.4 Å². The summed E-state index contributed by atoms with van der Waals surface area (Å²) in [6.45, 7) is 0. The largest absolute Gasteiger partial charge is 0.338 e. The lowest BCUT2D eigenvalue weighted by Gasteiger charge is -1.99. The monoisotopic (exact) mass is 214 g/mol. The van der Waals surface area contributed by atoms with E-state index in [2.05, 4.69) is 19.9 Å². The number of H-pyrrole nitrogens is 2. The maximum Gasteiger partial charge on any atom is 0.264 e. The fraction of sp³-hybridized carbons (Fsp3) is 0. The minimum atomic E-state index is -0.440. The number of nitrogens with zero attached hydrogens (tertiary/aromatic N) is 2. The van der Waals surface area contributed by atoms with Gasteiger partial charge in [0.25, 0.3) is 5.56 Å². The third-order valence-corrected chi connectivity index (χ3v) is 2.40. The van der Waals surface area contributed by atoms with E-state index >= 15 is 0 Å². The summed E-state index contributed by atoms with van der Waals surface area (Å²) in [6, 6.07) is 1.57. The average Bonchev–Trinajstić information content (AvgIpc) is 2.29. The lowest BCUT2D eigenvalue weighted by atomic mass is 10.2. The van der Waals surface area contributed by atoms with E-state index in [1.54, 1.807) is 6.07 Å². The van der Waals surface area contributed by atoms with Gasteiger partial charge < -0.3 is 9.97 Å². The Balaban J connectivity index is 2.73. The Kier molecular flexibility index (Phi) is 1.64. The van der Waals surface area contributed by atoms with Crippen LogP contribution in [0.1, 0.15) is 0 Å². The lowest BCUT2D eigenvalue weighted by molar-refractivity contribution is 1.14. The normalized spacial score (nSPS) is 11.0. The van der Waals surface area contributed by atoms with Gasteiger partial charge >= 0.3 is 0 Å². The fourth-order valence-electron chi connectivity index (χ4n) is 1.66. The highest BCUT2D eigenvalue weighted by atomic mass is 16.1. The van der Waals surface area contributed by atoms with Crippen molar-refractivity contribution in [3.8, 4) is 0 Å². The van der Waals surface area contributed by atoms with Crippen molar-refractivity contribution >= 4 is 21.9 Å². The molecule has 3 aromatic rings. The first-order chi connectivity index (χ1) is 7.77. The van der Waals surface area contributed by atoms with E-state index in [1.807, 2.05) is 0 Å². The first kappa shape index (κ1) is 8.78. The maximum atomic E-state index is 12.0. The molecule has 6 heteroatoms. The number of nitrogens with one attached hydrogen (secondary N) is 2. The number of hydrogen-bond donors (Lipinski definition) is 2. The SMILES string of the molecule is O=c1[nH]cnc2[nH]c3cnccc3c(=O)c12. The molecule has 0 radical (unpaired) electrons. The Labute approximate surface area is 88.0 Å². The van der Waals surface area contributed by atoms with Crippen molar-refractivity contribution in [1.82, 2.24) is 19.9 Å². The molecule has 0 bridgehead atoms. The molecule has 3 aromatic heterocycles. The first-order valence-corrected chi connectivity index (χ1v) is 4.61. The van der Waals surface area contributed by atoms with Crippen molar-refractivity contribution < 1.29 is 0 Å². The van der Waals surface area contributed by atoms with E-state index in [4.69, 9.17) is 0 Å². The number of aromatic nitrogens is 4. The van der Waals surface area contributed by atoms with E-state index < -0.39 is 5.56 Å². The fourth-order valence-corrected chi connectivity index (χ4v) is 1.66. The Morgan fingerprint density at radius 3 is 3.00 bits per heavy atom. The number of hydrogen-bond acceptors (Lipinski definition) is 4. The Hall–Kier alpha value is -2.50. The highest BCUT2D eigenvalue weighted by Gasteiger charge is 2.08. The summed E-state index contributed by atoms with van der Waals surface area (Å²) in [4.78, 5) is 36.6. The van der Waals surface area contributed by atoms with Gasteiger partial charge in [-0.3, -0.25) is 14.6 Å². The Morgan fingerprint density at radius 1 is 1.25 bits per heavy atom. The van der Waals surface area contributed by atoms with Crippen LogP contribution in [0.4, 0.5) is 0 Å². The van der Waals surface area contributed by atoms with Crippen LogP contribution in [0, 0.1) is 0 Å². The molecule has 0 aliphatic heterocycles. The summed E-state index contributed by atoms with van der Waals surface area (Å²) in [7, 11) is 0. The first-order valence-electron chi connectivity index (χ1n) is 4.61. The van der Waals surface area contributed by atoms with Crippen LogP contribution >= 0.6 is 0 Å². The van der Waals surface area contributed by atoms with E-state index in [1.165, 1.54) is 18.7 Å². The predicted octanol–water partition coefficient (Wildman–Crippen LogP) is 0.160. The van der Waals surface area contributed by atoms with Gasteiger partial charge in [0.05, 0.1) is 18.0 Å². The van der Waals surface area contributed by atoms with Gasteiger partial charge in [-0.25, -0.2) is 4.98 Å². The molecule has 0 aromatic carbocycles. The van der Waals surface area contributed by atoms with Crippen LogP contribution in [-0.4, -0.2) is 19.9 Å². The standard InChI is InChI=1S/C10H6N4O2/c15-8-5-1-2-11-3-6(5)14-9-7(8)10(16)13-4-12-9/h1-4H,(H2,12,13,14,15,16). The molecule has 0 saturated carbocycles. The molecule has 0 aliphatic carbocycles. The minimum Gasteiger partial charge on any atom is -0.338 e. The summed E-state index contributed by atoms with van der Waals surface area (Å²) < 4.78 is 0. The molecule has 0 fully saturated rings. The van der Waals surface area contributed by atoms with E-state index in [-0.39, 0.29) is 16.5 Å². The zero-order valence-electron chi connectivity index (χ0n) is 8.02. The van der Waals surface area contributed by atoms with Gasteiger partial charge in [0.2, 0.25) is 5.43 Å². The summed E-state index contributed by atoms with van der Waals surface area (Å²) in [5.74, 6) is 0. The highest BCUT2D eigenvalue weighted by molar-refractivity contribution is 5.89. The van der Waals surface area contributed by atoms with Gasteiger partial charge in [0, 0.05) is 11.6 Å². The average molecular weight is 214 g/mol. The van der Waals surface area contributed by atoms with Gasteiger partial charge in [-0.15, -0.1) is 0 Å². The van der Waals surface area contributed by atoms with E-state index in [0.717, 1.165) is 0 Å². The zero-order valence-corrected chi connectivity index (χ0v) is 8.02. The molecule has 0 aliphatic rings. The van der Waals surface area contributed by atoms with E-state index in [0.29, 0.717) is 10.9 Å². The third-order valence-electron chi connectivity index (χ3n) is 2.40. The molecule has 0 atom stereocenters. The zero-order chi connectivity index (χ0) is 11.1. The van der Waals surface area contributed by atoms with Crippen molar-refractivity contribution in [2.45, 2.75) is 0 Å².